The van der Waals surface area contributed by atoms with Gasteiger partial charge in [0.1, 0.15) is 6.04 Å². The number of fused-ring (bicyclic) bond motifs is 1. The van der Waals surface area contributed by atoms with E-state index in [0.717, 1.165) is 43.8 Å². The molecule has 3 N–H and O–H groups in total. The highest BCUT2D eigenvalue weighted by atomic mass is 16.5. The molecule has 0 radical (unpaired) electrons. The van der Waals surface area contributed by atoms with Crippen LogP contribution in [0.5, 0.6) is 0 Å². The lowest BCUT2D eigenvalue weighted by Gasteiger charge is -2.58. The summed E-state index contributed by atoms with van der Waals surface area (Å²) in [5.74, 6) is -0.762. The standard InChI is InChI=1S/C24H32N4O4/c1-2-32-20-11-19(24(20)8-3-9-25-14-24)26-12-15-4-5-17-16(10-15)13-28(23(17)31)18-6-7-21(29)27-22(18)30/h4-5,10,18-20,25-26H,2-3,6-9,11-14H2,1H3,(H,27,29,30). The quantitative estimate of drug-likeness (QED) is 0.573. The lowest BCUT2D eigenvalue weighted by atomic mass is 9.58. The summed E-state index contributed by atoms with van der Waals surface area (Å²) in [6.07, 6.45) is 4.37. The Balaban J connectivity index is 1.24. The number of hydrogen-bond acceptors (Lipinski definition) is 6. The van der Waals surface area contributed by atoms with E-state index in [0.29, 0.717) is 30.7 Å². The minimum atomic E-state index is -0.571. The fourth-order valence-electron chi connectivity index (χ4n) is 5.97. The van der Waals surface area contributed by atoms with E-state index >= 15 is 0 Å². The largest absolute Gasteiger partial charge is 0.378 e. The van der Waals surface area contributed by atoms with Gasteiger partial charge in [-0.05, 0) is 56.3 Å². The van der Waals surface area contributed by atoms with Crippen molar-refractivity contribution in [3.05, 3.63) is 34.9 Å². The number of carbonyl (C=O) groups excluding carboxylic acids is 3. The van der Waals surface area contributed by atoms with Gasteiger partial charge in [-0.3, -0.25) is 19.7 Å². The van der Waals surface area contributed by atoms with Crippen molar-refractivity contribution in [3.63, 3.8) is 0 Å². The van der Waals surface area contributed by atoms with E-state index in [1.807, 2.05) is 12.1 Å². The van der Waals surface area contributed by atoms with Crippen LogP contribution in [-0.4, -0.2) is 60.5 Å². The second-order valence-corrected chi connectivity index (χ2v) is 9.52. The zero-order valence-corrected chi connectivity index (χ0v) is 18.6. The Morgan fingerprint density at radius 3 is 2.91 bits per heavy atom. The van der Waals surface area contributed by atoms with Gasteiger partial charge in [-0.1, -0.05) is 12.1 Å². The SMILES string of the molecule is CCOC1CC(NCc2ccc3c(c2)CN(C2CCC(=O)NC2=O)C3=O)C12CCCNC2. The molecule has 32 heavy (non-hydrogen) atoms. The highest BCUT2D eigenvalue weighted by Crippen LogP contribution is 2.48. The summed E-state index contributed by atoms with van der Waals surface area (Å²) in [7, 11) is 0. The van der Waals surface area contributed by atoms with E-state index in [9.17, 15) is 14.4 Å². The number of nitrogens with one attached hydrogen (secondary N) is 3. The van der Waals surface area contributed by atoms with E-state index in [-0.39, 0.29) is 29.6 Å². The van der Waals surface area contributed by atoms with Crippen molar-refractivity contribution < 1.29 is 19.1 Å². The first kappa shape index (κ1) is 21.6. The Labute approximate surface area is 188 Å². The third-order valence-corrected chi connectivity index (χ3v) is 7.74. The van der Waals surface area contributed by atoms with Gasteiger partial charge >= 0.3 is 0 Å². The first-order valence-electron chi connectivity index (χ1n) is 11.8. The van der Waals surface area contributed by atoms with Crippen molar-refractivity contribution in [3.8, 4) is 0 Å². The van der Waals surface area contributed by atoms with Gasteiger partial charge in [-0.25, -0.2) is 0 Å². The van der Waals surface area contributed by atoms with Gasteiger partial charge in [0.15, 0.2) is 0 Å². The molecule has 3 fully saturated rings. The van der Waals surface area contributed by atoms with Gasteiger partial charge in [0.2, 0.25) is 11.8 Å². The summed E-state index contributed by atoms with van der Waals surface area (Å²) >= 11 is 0. The van der Waals surface area contributed by atoms with Crippen molar-refractivity contribution in [2.45, 2.75) is 70.3 Å². The molecule has 4 unspecified atom stereocenters. The van der Waals surface area contributed by atoms with E-state index < -0.39 is 6.04 Å². The first-order valence-corrected chi connectivity index (χ1v) is 11.8. The van der Waals surface area contributed by atoms with Gasteiger partial charge in [0, 0.05) is 49.7 Å². The van der Waals surface area contributed by atoms with E-state index in [2.05, 4.69) is 28.9 Å². The fraction of sp³-hybridized carbons (Fsp3) is 0.625. The highest BCUT2D eigenvalue weighted by Gasteiger charge is 2.55. The zero-order chi connectivity index (χ0) is 22.3. The van der Waals surface area contributed by atoms with Crippen LogP contribution in [-0.2, 0) is 27.4 Å². The summed E-state index contributed by atoms with van der Waals surface area (Å²) in [5.41, 5.74) is 2.92. The zero-order valence-electron chi connectivity index (χ0n) is 18.6. The molecule has 3 heterocycles. The number of benzene rings is 1. The van der Waals surface area contributed by atoms with E-state index in [1.54, 1.807) is 4.90 Å². The molecule has 5 rings (SSSR count). The second kappa shape index (κ2) is 8.57. The molecule has 1 saturated carbocycles. The van der Waals surface area contributed by atoms with Crippen LogP contribution in [0.25, 0.3) is 0 Å². The Hall–Kier alpha value is -2.29. The minimum absolute atomic E-state index is 0.125. The minimum Gasteiger partial charge on any atom is -0.378 e. The number of hydrogen-bond donors (Lipinski definition) is 3. The predicted octanol–water partition coefficient (Wildman–Crippen LogP) is 1.08. The van der Waals surface area contributed by atoms with Crippen molar-refractivity contribution in [1.82, 2.24) is 20.9 Å². The van der Waals surface area contributed by atoms with Crippen LogP contribution in [0.1, 0.15) is 60.5 Å². The summed E-state index contributed by atoms with van der Waals surface area (Å²) in [6.45, 7) is 6.05. The molecule has 172 valence electrons. The smallest absolute Gasteiger partial charge is 0.255 e. The van der Waals surface area contributed by atoms with Crippen LogP contribution in [0.4, 0.5) is 0 Å². The van der Waals surface area contributed by atoms with Crippen molar-refractivity contribution in [2.24, 2.45) is 5.41 Å². The molecular formula is C24H32N4O4. The average Bonchev–Trinajstić information content (AvgIpc) is 3.12. The normalized spacial score (nSPS) is 32.1. The van der Waals surface area contributed by atoms with E-state index in [1.165, 1.54) is 12.8 Å². The van der Waals surface area contributed by atoms with Crippen LogP contribution in [0, 0.1) is 5.41 Å². The van der Waals surface area contributed by atoms with Gasteiger partial charge in [-0.2, -0.15) is 0 Å². The third kappa shape index (κ3) is 3.64. The van der Waals surface area contributed by atoms with Crippen LogP contribution in [0.3, 0.4) is 0 Å². The van der Waals surface area contributed by atoms with E-state index in [4.69, 9.17) is 4.74 Å². The molecule has 1 aromatic carbocycles. The molecule has 8 nitrogen and oxygen atoms in total. The molecular weight excluding hydrogens is 408 g/mol. The summed E-state index contributed by atoms with van der Waals surface area (Å²) in [5, 5.41) is 9.67. The Morgan fingerprint density at radius 2 is 2.16 bits per heavy atom. The van der Waals surface area contributed by atoms with Gasteiger partial charge in [0.25, 0.3) is 5.91 Å². The van der Waals surface area contributed by atoms with Crippen molar-refractivity contribution in [1.29, 1.82) is 0 Å². The molecule has 0 aromatic heterocycles. The number of amides is 3. The summed E-state index contributed by atoms with van der Waals surface area (Å²) in [4.78, 5) is 38.2. The topological polar surface area (TPSA) is 99.8 Å². The Bertz CT molecular complexity index is 927. The second-order valence-electron chi connectivity index (χ2n) is 9.52. The fourth-order valence-corrected chi connectivity index (χ4v) is 5.97. The number of imide groups is 1. The number of ether oxygens (including phenoxy) is 1. The number of rotatable bonds is 6. The average molecular weight is 441 g/mol. The molecule has 1 aliphatic carbocycles. The van der Waals surface area contributed by atoms with Gasteiger partial charge in [0.05, 0.1) is 6.10 Å². The highest BCUT2D eigenvalue weighted by molar-refractivity contribution is 6.05. The molecule has 4 aliphatic rings. The molecule has 0 bridgehead atoms. The van der Waals surface area contributed by atoms with Gasteiger partial charge in [-0.15, -0.1) is 0 Å². The maximum Gasteiger partial charge on any atom is 0.255 e. The van der Waals surface area contributed by atoms with Crippen LogP contribution < -0.4 is 16.0 Å². The monoisotopic (exact) mass is 440 g/mol. The Kier molecular flexibility index (Phi) is 5.77. The number of nitrogens with zero attached hydrogens (tertiary/aromatic N) is 1. The summed E-state index contributed by atoms with van der Waals surface area (Å²) < 4.78 is 6.03. The molecule has 4 atom stereocenters. The molecule has 3 amide bonds. The molecule has 2 saturated heterocycles. The third-order valence-electron chi connectivity index (χ3n) is 7.74. The maximum atomic E-state index is 12.9. The van der Waals surface area contributed by atoms with Crippen molar-refractivity contribution >= 4 is 17.7 Å². The van der Waals surface area contributed by atoms with Crippen LogP contribution in [0.2, 0.25) is 0 Å². The number of carbonyl (C=O) groups is 3. The summed E-state index contributed by atoms with van der Waals surface area (Å²) in [6, 6.07) is 5.81. The molecule has 8 heteroatoms. The maximum absolute atomic E-state index is 12.9. The lowest BCUT2D eigenvalue weighted by molar-refractivity contribution is -0.143. The predicted molar refractivity (Wildman–Crippen MR) is 118 cm³/mol. The first-order chi connectivity index (χ1) is 15.5. The molecule has 3 aliphatic heterocycles. The van der Waals surface area contributed by atoms with Crippen LogP contribution in [0.15, 0.2) is 18.2 Å². The van der Waals surface area contributed by atoms with Gasteiger partial charge < -0.3 is 20.3 Å². The molecule has 1 spiro atoms. The number of piperidine rings is 2. The molecule has 1 aromatic rings. The van der Waals surface area contributed by atoms with Crippen molar-refractivity contribution in [2.75, 3.05) is 19.7 Å². The van der Waals surface area contributed by atoms with Crippen LogP contribution >= 0.6 is 0 Å². The Morgan fingerprint density at radius 1 is 1.28 bits per heavy atom. The lowest BCUT2D eigenvalue weighted by Crippen LogP contribution is -2.68.